The highest BCUT2D eigenvalue weighted by atomic mass is 35.5. The summed E-state index contributed by atoms with van der Waals surface area (Å²) in [7, 11) is -3.81. The van der Waals surface area contributed by atoms with Gasteiger partial charge in [-0.1, -0.05) is 55.8 Å². The molecule has 2 amide bonds. The van der Waals surface area contributed by atoms with Crippen molar-refractivity contribution in [2.75, 3.05) is 23.7 Å². The lowest BCUT2D eigenvalue weighted by atomic mass is 10.1. The molecule has 1 atom stereocenters. The van der Waals surface area contributed by atoms with Crippen LogP contribution in [0.1, 0.15) is 43.4 Å². The molecule has 34 heavy (non-hydrogen) atoms. The molecule has 1 N–H and O–H groups in total. The van der Waals surface area contributed by atoms with Gasteiger partial charge in [0.1, 0.15) is 12.6 Å². The summed E-state index contributed by atoms with van der Waals surface area (Å²) in [6.45, 7) is 7.68. The second-order valence-electron chi connectivity index (χ2n) is 8.32. The molecule has 0 aliphatic heterocycles. The standard InChI is InChI=1S/C25H34ClN3O4S/c1-6-15-27-25(31)22(7-2)28(16-20-12-9-8-11-18(20)3)24(30)17-29(34(5,32)33)23-14-10-13-21(26)19(23)4/h8-14,22H,6-7,15-17H2,1-5H3,(H,27,31)/t22-/m0/s1. The molecule has 0 fully saturated rings. The number of carbonyl (C=O) groups excluding carboxylic acids is 2. The molecule has 0 radical (unpaired) electrons. The molecule has 0 unspecified atom stereocenters. The van der Waals surface area contributed by atoms with E-state index in [9.17, 15) is 18.0 Å². The molecule has 0 aromatic heterocycles. The van der Waals surface area contributed by atoms with Crippen molar-refractivity contribution < 1.29 is 18.0 Å². The summed E-state index contributed by atoms with van der Waals surface area (Å²) in [6.07, 6.45) is 2.21. The molecule has 0 aliphatic rings. The highest BCUT2D eigenvalue weighted by Crippen LogP contribution is 2.28. The second kappa shape index (κ2) is 12.2. The van der Waals surface area contributed by atoms with E-state index in [0.29, 0.717) is 29.2 Å². The fraction of sp³-hybridized carbons (Fsp3) is 0.440. The Hall–Kier alpha value is -2.58. The lowest BCUT2D eigenvalue weighted by Gasteiger charge is -2.33. The zero-order chi connectivity index (χ0) is 25.5. The van der Waals surface area contributed by atoms with Crippen LogP contribution in [0.3, 0.4) is 0 Å². The number of aryl methyl sites for hydroxylation is 1. The first kappa shape index (κ1) is 27.7. The number of amides is 2. The third kappa shape index (κ3) is 6.96. The van der Waals surface area contributed by atoms with Gasteiger partial charge in [0.05, 0.1) is 11.9 Å². The molecule has 0 saturated carbocycles. The van der Waals surface area contributed by atoms with Gasteiger partial charge in [0, 0.05) is 18.1 Å². The minimum Gasteiger partial charge on any atom is -0.354 e. The van der Waals surface area contributed by atoms with Crippen molar-refractivity contribution in [3.8, 4) is 0 Å². The van der Waals surface area contributed by atoms with Gasteiger partial charge in [-0.25, -0.2) is 8.42 Å². The highest BCUT2D eigenvalue weighted by Gasteiger charge is 2.32. The fourth-order valence-electron chi connectivity index (χ4n) is 3.72. The van der Waals surface area contributed by atoms with E-state index in [1.54, 1.807) is 25.1 Å². The Morgan fingerprint density at radius 1 is 1.06 bits per heavy atom. The molecule has 2 rings (SSSR count). The number of hydrogen-bond acceptors (Lipinski definition) is 4. The van der Waals surface area contributed by atoms with Crippen LogP contribution < -0.4 is 9.62 Å². The van der Waals surface area contributed by atoms with E-state index in [2.05, 4.69) is 5.32 Å². The van der Waals surface area contributed by atoms with Gasteiger partial charge in [-0.3, -0.25) is 13.9 Å². The maximum atomic E-state index is 13.7. The van der Waals surface area contributed by atoms with E-state index in [4.69, 9.17) is 11.6 Å². The number of hydrogen-bond donors (Lipinski definition) is 1. The molecule has 0 spiro atoms. The Morgan fingerprint density at radius 2 is 1.74 bits per heavy atom. The molecular formula is C25H34ClN3O4S. The van der Waals surface area contributed by atoms with Crippen LogP contribution in [-0.2, 0) is 26.2 Å². The number of nitrogens with one attached hydrogen (secondary N) is 1. The van der Waals surface area contributed by atoms with E-state index in [-0.39, 0.29) is 12.5 Å². The molecule has 2 aromatic rings. The molecular weight excluding hydrogens is 474 g/mol. The van der Waals surface area contributed by atoms with E-state index < -0.39 is 28.5 Å². The highest BCUT2D eigenvalue weighted by molar-refractivity contribution is 7.92. The zero-order valence-corrected chi connectivity index (χ0v) is 22.0. The van der Waals surface area contributed by atoms with Gasteiger partial charge in [-0.2, -0.15) is 0 Å². The first-order valence-corrected chi connectivity index (χ1v) is 13.6. The minimum atomic E-state index is -3.81. The molecule has 0 heterocycles. The second-order valence-corrected chi connectivity index (χ2v) is 10.6. The molecule has 0 saturated heterocycles. The smallest absolute Gasteiger partial charge is 0.244 e. The van der Waals surface area contributed by atoms with E-state index in [1.165, 1.54) is 4.90 Å². The van der Waals surface area contributed by atoms with Crippen LogP contribution in [0.25, 0.3) is 0 Å². The van der Waals surface area contributed by atoms with Gasteiger partial charge in [0.25, 0.3) is 0 Å². The van der Waals surface area contributed by atoms with Crippen molar-refractivity contribution in [1.82, 2.24) is 10.2 Å². The minimum absolute atomic E-state index is 0.190. The number of benzene rings is 2. The maximum Gasteiger partial charge on any atom is 0.244 e. The Bertz CT molecular complexity index is 1120. The van der Waals surface area contributed by atoms with Crippen molar-refractivity contribution in [3.05, 3.63) is 64.2 Å². The van der Waals surface area contributed by atoms with E-state index in [1.807, 2.05) is 45.0 Å². The number of rotatable bonds is 11. The summed E-state index contributed by atoms with van der Waals surface area (Å²) >= 11 is 6.23. The van der Waals surface area contributed by atoms with Gasteiger partial charge in [-0.15, -0.1) is 0 Å². The number of carbonyl (C=O) groups is 2. The Morgan fingerprint density at radius 3 is 2.32 bits per heavy atom. The van der Waals surface area contributed by atoms with Crippen LogP contribution in [-0.4, -0.2) is 50.5 Å². The summed E-state index contributed by atoms with van der Waals surface area (Å²) < 4.78 is 26.5. The SMILES string of the molecule is CCCNC(=O)[C@H](CC)N(Cc1ccccc1C)C(=O)CN(c1cccc(Cl)c1C)S(C)(=O)=O. The average Bonchev–Trinajstić information content (AvgIpc) is 2.78. The predicted molar refractivity (Wildman–Crippen MR) is 137 cm³/mol. The predicted octanol–water partition coefficient (Wildman–Crippen LogP) is 4.06. The number of sulfonamides is 1. The van der Waals surface area contributed by atoms with Crippen molar-refractivity contribution in [1.29, 1.82) is 0 Å². The van der Waals surface area contributed by atoms with Crippen molar-refractivity contribution in [2.24, 2.45) is 0 Å². The van der Waals surface area contributed by atoms with E-state index in [0.717, 1.165) is 28.1 Å². The summed E-state index contributed by atoms with van der Waals surface area (Å²) in [5, 5.41) is 3.27. The normalized spacial score (nSPS) is 12.2. The maximum absolute atomic E-state index is 13.7. The third-order valence-electron chi connectivity index (χ3n) is 5.72. The Labute approximate surface area is 208 Å². The molecule has 186 valence electrons. The molecule has 2 aromatic carbocycles. The van der Waals surface area contributed by atoms with Gasteiger partial charge in [0.2, 0.25) is 21.8 Å². The van der Waals surface area contributed by atoms with Crippen LogP contribution in [0.15, 0.2) is 42.5 Å². The van der Waals surface area contributed by atoms with Gasteiger partial charge in [0.15, 0.2) is 0 Å². The van der Waals surface area contributed by atoms with Crippen molar-refractivity contribution in [3.63, 3.8) is 0 Å². The number of nitrogens with zero attached hydrogens (tertiary/aromatic N) is 2. The summed E-state index contributed by atoms with van der Waals surface area (Å²) in [5.74, 6) is -0.720. The summed E-state index contributed by atoms with van der Waals surface area (Å²) in [4.78, 5) is 28.1. The van der Waals surface area contributed by atoms with Crippen LogP contribution in [0, 0.1) is 13.8 Å². The Balaban J connectivity index is 2.48. The molecule has 0 aliphatic carbocycles. The first-order valence-electron chi connectivity index (χ1n) is 11.4. The largest absolute Gasteiger partial charge is 0.354 e. The lowest BCUT2D eigenvalue weighted by Crippen LogP contribution is -2.52. The molecule has 9 heteroatoms. The topological polar surface area (TPSA) is 86.8 Å². The van der Waals surface area contributed by atoms with Gasteiger partial charge >= 0.3 is 0 Å². The van der Waals surface area contributed by atoms with Crippen LogP contribution in [0.2, 0.25) is 5.02 Å². The monoisotopic (exact) mass is 507 g/mol. The first-order chi connectivity index (χ1) is 16.0. The molecule has 7 nitrogen and oxygen atoms in total. The summed E-state index contributed by atoms with van der Waals surface area (Å²) in [5.41, 5.74) is 2.76. The van der Waals surface area contributed by atoms with Crippen LogP contribution in [0.5, 0.6) is 0 Å². The Kier molecular flexibility index (Phi) is 9.94. The van der Waals surface area contributed by atoms with Crippen LogP contribution in [0.4, 0.5) is 5.69 Å². The average molecular weight is 508 g/mol. The lowest BCUT2D eigenvalue weighted by molar-refractivity contribution is -0.140. The summed E-state index contributed by atoms with van der Waals surface area (Å²) in [6, 6.07) is 11.8. The van der Waals surface area contributed by atoms with E-state index >= 15 is 0 Å². The fourth-order valence-corrected chi connectivity index (χ4v) is 4.79. The van der Waals surface area contributed by atoms with Gasteiger partial charge in [-0.05, 0) is 55.5 Å². The van der Waals surface area contributed by atoms with Crippen LogP contribution >= 0.6 is 11.6 Å². The third-order valence-corrected chi connectivity index (χ3v) is 7.26. The van der Waals surface area contributed by atoms with Gasteiger partial charge < -0.3 is 10.2 Å². The molecule has 0 bridgehead atoms. The quantitative estimate of drug-likeness (QED) is 0.497. The zero-order valence-electron chi connectivity index (χ0n) is 20.5. The number of halogens is 1. The van der Waals surface area contributed by atoms with Crippen molar-refractivity contribution >= 4 is 39.1 Å². The number of anilines is 1. The van der Waals surface area contributed by atoms with Crippen molar-refractivity contribution in [2.45, 2.75) is 53.1 Å².